The molecule has 8 nitrogen and oxygen atoms in total. The number of aliphatic hydroxyl groups excluding tert-OH is 1. The molecular formula is C24H34N4O4. The Hall–Kier alpha value is -2.45. The van der Waals surface area contributed by atoms with Crippen LogP contribution in [-0.4, -0.2) is 88.9 Å². The molecule has 0 spiro atoms. The molecule has 3 aliphatic heterocycles. The molecule has 0 aromatic heterocycles. The van der Waals surface area contributed by atoms with Crippen LogP contribution in [0, 0.1) is 11.8 Å². The summed E-state index contributed by atoms with van der Waals surface area (Å²) in [4.78, 5) is 42.9. The van der Waals surface area contributed by atoms with Gasteiger partial charge in [0.05, 0.1) is 24.6 Å². The average molecular weight is 443 g/mol. The highest BCUT2D eigenvalue weighted by molar-refractivity contribution is 5.80. The van der Waals surface area contributed by atoms with Gasteiger partial charge in [0.25, 0.3) is 0 Å². The molecule has 0 saturated carbocycles. The molecule has 3 amide bonds. The van der Waals surface area contributed by atoms with Crippen molar-refractivity contribution < 1.29 is 19.5 Å². The lowest BCUT2D eigenvalue weighted by Gasteiger charge is -2.36. The van der Waals surface area contributed by atoms with Gasteiger partial charge in [-0.3, -0.25) is 19.3 Å². The van der Waals surface area contributed by atoms with Gasteiger partial charge in [-0.25, -0.2) is 0 Å². The summed E-state index contributed by atoms with van der Waals surface area (Å²) in [5, 5.41) is 11.1. The maximum Gasteiger partial charge on any atom is 0.231 e. The van der Waals surface area contributed by atoms with Crippen molar-refractivity contribution >= 4 is 17.7 Å². The number of fused-ring (bicyclic) bond motifs is 1. The molecule has 3 heterocycles. The highest BCUT2D eigenvalue weighted by atomic mass is 16.3. The number of hydrogen-bond donors (Lipinski definition) is 2. The zero-order chi connectivity index (χ0) is 22.8. The van der Waals surface area contributed by atoms with Crippen LogP contribution < -0.4 is 5.73 Å². The summed E-state index contributed by atoms with van der Waals surface area (Å²) in [6.45, 7) is 4.51. The number of rotatable bonds is 4. The molecule has 0 radical (unpaired) electrons. The normalized spacial score (nSPS) is 31.1. The molecule has 4 rings (SSSR count). The Kier molecular flexibility index (Phi) is 6.81. The van der Waals surface area contributed by atoms with Crippen molar-refractivity contribution in [3.63, 3.8) is 0 Å². The second-order valence-corrected chi connectivity index (χ2v) is 9.51. The average Bonchev–Trinajstić information content (AvgIpc) is 3.07. The Balaban J connectivity index is 1.53. The van der Waals surface area contributed by atoms with Crippen molar-refractivity contribution in [2.24, 2.45) is 17.6 Å². The predicted molar refractivity (Wildman–Crippen MR) is 119 cm³/mol. The summed E-state index contributed by atoms with van der Waals surface area (Å²) in [7, 11) is 0. The number of carbonyl (C=O) groups excluding carboxylic acids is 3. The molecule has 3 fully saturated rings. The van der Waals surface area contributed by atoms with Crippen LogP contribution in [0.3, 0.4) is 0 Å². The van der Waals surface area contributed by atoms with Gasteiger partial charge in [-0.1, -0.05) is 30.3 Å². The number of benzene rings is 1. The van der Waals surface area contributed by atoms with Crippen LogP contribution >= 0.6 is 0 Å². The molecule has 1 aromatic carbocycles. The van der Waals surface area contributed by atoms with E-state index in [1.807, 2.05) is 32.9 Å². The Morgan fingerprint density at radius 3 is 2.50 bits per heavy atom. The molecule has 1 aromatic rings. The van der Waals surface area contributed by atoms with Gasteiger partial charge in [0, 0.05) is 44.9 Å². The molecule has 174 valence electrons. The van der Waals surface area contributed by atoms with Gasteiger partial charge < -0.3 is 20.6 Å². The van der Waals surface area contributed by atoms with Crippen LogP contribution in [0.2, 0.25) is 0 Å². The van der Waals surface area contributed by atoms with Crippen molar-refractivity contribution in [2.45, 2.75) is 44.2 Å². The van der Waals surface area contributed by atoms with Crippen LogP contribution in [0.1, 0.15) is 37.7 Å². The summed E-state index contributed by atoms with van der Waals surface area (Å²) in [5.74, 6) is -0.584. The molecular weight excluding hydrogens is 408 g/mol. The van der Waals surface area contributed by atoms with E-state index in [-0.39, 0.29) is 48.1 Å². The zero-order valence-corrected chi connectivity index (χ0v) is 18.7. The fourth-order valence-electron chi connectivity index (χ4n) is 5.96. The van der Waals surface area contributed by atoms with E-state index in [0.29, 0.717) is 32.6 Å². The second kappa shape index (κ2) is 9.58. The van der Waals surface area contributed by atoms with Crippen molar-refractivity contribution in [3.8, 4) is 0 Å². The summed E-state index contributed by atoms with van der Waals surface area (Å²) < 4.78 is 0. The van der Waals surface area contributed by atoms with Crippen molar-refractivity contribution in [3.05, 3.63) is 35.9 Å². The van der Waals surface area contributed by atoms with Crippen LogP contribution in [0.4, 0.5) is 0 Å². The quantitative estimate of drug-likeness (QED) is 0.702. The third kappa shape index (κ3) is 4.66. The largest absolute Gasteiger partial charge is 0.393 e. The van der Waals surface area contributed by atoms with Gasteiger partial charge in [0.15, 0.2) is 0 Å². The Morgan fingerprint density at radius 1 is 1.06 bits per heavy atom. The Bertz CT molecular complexity index is 848. The van der Waals surface area contributed by atoms with E-state index < -0.39 is 6.10 Å². The predicted octanol–water partition coefficient (Wildman–Crippen LogP) is 0.408. The number of piperidine rings is 1. The van der Waals surface area contributed by atoms with Crippen molar-refractivity contribution in [1.29, 1.82) is 0 Å². The third-order valence-electron chi connectivity index (χ3n) is 7.43. The van der Waals surface area contributed by atoms with Gasteiger partial charge in [0.1, 0.15) is 0 Å². The summed E-state index contributed by atoms with van der Waals surface area (Å²) in [5.41, 5.74) is 6.47. The molecule has 3 saturated heterocycles. The van der Waals surface area contributed by atoms with E-state index in [1.54, 1.807) is 6.92 Å². The smallest absolute Gasteiger partial charge is 0.231 e. The molecule has 0 bridgehead atoms. The summed E-state index contributed by atoms with van der Waals surface area (Å²) in [6.07, 6.45) is 1.55. The van der Waals surface area contributed by atoms with Gasteiger partial charge in [-0.05, 0) is 31.4 Å². The first-order valence-corrected chi connectivity index (χ1v) is 11.6. The lowest BCUT2D eigenvalue weighted by atomic mass is 9.81. The molecule has 5 atom stereocenters. The number of aliphatic hydroxyl groups is 1. The van der Waals surface area contributed by atoms with E-state index in [9.17, 15) is 19.5 Å². The fourth-order valence-corrected chi connectivity index (χ4v) is 5.96. The SMILES string of the molecule is CC(=O)N1C[C@@H](c2ccccc2)[C@@H]2[C@H](O)CCN(C(=O)[C@@H]3CCCN(CC(N)=O)C3)C[C@H]21. The molecule has 0 unspecified atom stereocenters. The maximum absolute atomic E-state index is 13.5. The van der Waals surface area contributed by atoms with Crippen LogP contribution in [0.25, 0.3) is 0 Å². The first kappa shape index (κ1) is 22.7. The minimum atomic E-state index is -0.579. The first-order chi connectivity index (χ1) is 15.3. The molecule has 0 aliphatic carbocycles. The number of likely N-dealkylation sites (tertiary alicyclic amines) is 3. The number of hydrogen-bond acceptors (Lipinski definition) is 5. The van der Waals surface area contributed by atoms with Gasteiger partial charge in [-0.15, -0.1) is 0 Å². The third-order valence-corrected chi connectivity index (χ3v) is 7.43. The van der Waals surface area contributed by atoms with Crippen molar-refractivity contribution in [2.75, 3.05) is 39.3 Å². The number of nitrogens with two attached hydrogens (primary N) is 1. The summed E-state index contributed by atoms with van der Waals surface area (Å²) >= 11 is 0. The molecule has 8 heteroatoms. The van der Waals surface area contributed by atoms with Gasteiger partial charge in [0.2, 0.25) is 17.7 Å². The Labute approximate surface area is 189 Å². The van der Waals surface area contributed by atoms with E-state index in [2.05, 4.69) is 12.1 Å². The number of carbonyl (C=O) groups is 3. The van der Waals surface area contributed by atoms with E-state index in [0.717, 1.165) is 24.9 Å². The van der Waals surface area contributed by atoms with Crippen LogP contribution in [0.15, 0.2) is 30.3 Å². The summed E-state index contributed by atoms with van der Waals surface area (Å²) in [6, 6.07) is 9.85. The Morgan fingerprint density at radius 2 is 1.81 bits per heavy atom. The number of nitrogens with zero attached hydrogens (tertiary/aromatic N) is 3. The van der Waals surface area contributed by atoms with Crippen molar-refractivity contribution in [1.82, 2.24) is 14.7 Å². The van der Waals surface area contributed by atoms with E-state index >= 15 is 0 Å². The number of amides is 3. The van der Waals surface area contributed by atoms with E-state index in [4.69, 9.17) is 5.73 Å². The second-order valence-electron chi connectivity index (χ2n) is 9.51. The topological polar surface area (TPSA) is 107 Å². The lowest BCUT2D eigenvalue weighted by Crippen LogP contribution is -2.50. The minimum Gasteiger partial charge on any atom is -0.393 e. The minimum absolute atomic E-state index is 0.0229. The molecule has 3 N–H and O–H groups in total. The number of primary amides is 1. The zero-order valence-electron chi connectivity index (χ0n) is 18.7. The first-order valence-electron chi connectivity index (χ1n) is 11.6. The maximum atomic E-state index is 13.5. The van der Waals surface area contributed by atoms with Crippen LogP contribution in [-0.2, 0) is 14.4 Å². The van der Waals surface area contributed by atoms with Crippen LogP contribution in [0.5, 0.6) is 0 Å². The molecule has 3 aliphatic rings. The monoisotopic (exact) mass is 442 g/mol. The van der Waals surface area contributed by atoms with Gasteiger partial charge in [-0.2, -0.15) is 0 Å². The highest BCUT2D eigenvalue weighted by Crippen LogP contribution is 2.42. The lowest BCUT2D eigenvalue weighted by molar-refractivity contribution is -0.140. The fraction of sp³-hybridized carbons (Fsp3) is 0.625. The van der Waals surface area contributed by atoms with E-state index in [1.165, 1.54) is 0 Å². The highest BCUT2D eigenvalue weighted by Gasteiger charge is 2.49. The molecule has 32 heavy (non-hydrogen) atoms. The van der Waals surface area contributed by atoms with Gasteiger partial charge >= 0.3 is 0 Å². The standard InChI is InChI=1S/C24H34N4O4/c1-16(29)28-13-19(17-6-3-2-4-7-17)23-20(28)14-27(11-9-21(23)30)24(32)18-8-5-10-26(12-18)15-22(25)31/h2-4,6-7,18-21,23,30H,5,8-15H2,1H3,(H2,25,31)/t18-,19+,20-,21-,23+/m1/s1.